The van der Waals surface area contributed by atoms with Crippen LogP contribution in [0.1, 0.15) is 22.4 Å². The van der Waals surface area contributed by atoms with Crippen LogP contribution in [0.15, 0.2) is 66.2 Å². The Morgan fingerprint density at radius 1 is 1.00 bits per heavy atom. The molecule has 1 aliphatic carbocycles. The molecule has 6 heteroatoms. The number of aromatic nitrogens is 3. The normalized spacial score (nSPS) is 17.5. The topological polar surface area (TPSA) is 60.0 Å². The maximum Gasteiger partial charge on any atom is 0.161 e. The van der Waals surface area contributed by atoms with E-state index in [1.54, 1.807) is 25.6 Å². The summed E-state index contributed by atoms with van der Waals surface area (Å²) in [5.41, 5.74) is 5.12. The summed E-state index contributed by atoms with van der Waals surface area (Å²) in [7, 11) is 3.32. The molecule has 4 aromatic rings. The van der Waals surface area contributed by atoms with E-state index in [0.717, 1.165) is 45.4 Å². The van der Waals surface area contributed by atoms with Crippen molar-refractivity contribution in [2.75, 3.05) is 14.2 Å². The van der Waals surface area contributed by atoms with Crippen LogP contribution < -0.4 is 9.47 Å². The van der Waals surface area contributed by atoms with Crippen LogP contribution in [-0.2, 0) is 11.8 Å². The first-order valence-corrected chi connectivity index (χ1v) is 10.6. The fraction of sp³-hybridized carbons (Fsp3) is 0.167. The van der Waals surface area contributed by atoms with E-state index in [1.807, 2.05) is 23.7 Å². The first-order chi connectivity index (χ1) is 14.7. The summed E-state index contributed by atoms with van der Waals surface area (Å²) in [4.78, 5) is 4.43. The molecular formula is C24H21N3O2S. The van der Waals surface area contributed by atoms with Gasteiger partial charge >= 0.3 is 0 Å². The number of benzene rings is 2. The van der Waals surface area contributed by atoms with Crippen LogP contribution in [0.4, 0.5) is 0 Å². The van der Waals surface area contributed by atoms with Crippen molar-refractivity contribution in [1.82, 2.24) is 15.2 Å². The number of allylic oxidation sites excluding steroid dienone is 1. The fourth-order valence-electron chi connectivity index (χ4n) is 4.18. The molecule has 0 bridgehead atoms. The van der Waals surface area contributed by atoms with E-state index < -0.39 is 0 Å². The summed E-state index contributed by atoms with van der Waals surface area (Å²) in [6, 6.07) is 16.7. The number of aromatic amines is 1. The molecule has 30 heavy (non-hydrogen) atoms. The van der Waals surface area contributed by atoms with Crippen LogP contribution in [0.2, 0.25) is 0 Å². The van der Waals surface area contributed by atoms with Gasteiger partial charge in [-0.15, -0.1) is 11.3 Å². The Morgan fingerprint density at radius 2 is 1.83 bits per heavy atom. The maximum atomic E-state index is 5.59. The molecule has 5 rings (SSSR count). The number of rotatable bonds is 5. The molecule has 1 N–H and O–H groups in total. The van der Waals surface area contributed by atoms with Gasteiger partial charge in [0, 0.05) is 34.7 Å². The Morgan fingerprint density at radius 3 is 2.57 bits per heavy atom. The predicted octanol–water partition coefficient (Wildman–Crippen LogP) is 5.11. The average Bonchev–Trinajstić information content (AvgIpc) is 3.48. The summed E-state index contributed by atoms with van der Waals surface area (Å²) in [5, 5.41) is 10.8. The van der Waals surface area contributed by atoms with Crippen molar-refractivity contribution in [2.45, 2.75) is 11.8 Å². The van der Waals surface area contributed by atoms with Gasteiger partial charge in [0.2, 0.25) is 0 Å². The van der Waals surface area contributed by atoms with Crippen LogP contribution in [-0.4, -0.2) is 29.4 Å². The molecule has 0 fully saturated rings. The van der Waals surface area contributed by atoms with Crippen molar-refractivity contribution in [3.8, 4) is 22.2 Å². The minimum Gasteiger partial charge on any atom is -0.493 e. The van der Waals surface area contributed by atoms with Gasteiger partial charge in [0.1, 0.15) is 10.7 Å². The van der Waals surface area contributed by atoms with Gasteiger partial charge in [-0.1, -0.05) is 48.6 Å². The second-order valence-electron chi connectivity index (χ2n) is 7.22. The number of hydrogen-bond acceptors (Lipinski definition) is 5. The molecule has 0 saturated heterocycles. The van der Waals surface area contributed by atoms with E-state index in [-0.39, 0.29) is 5.41 Å². The lowest BCUT2D eigenvalue weighted by Gasteiger charge is -2.34. The minimum atomic E-state index is -0.347. The molecule has 5 nitrogen and oxygen atoms in total. The molecular weight excluding hydrogens is 394 g/mol. The Bertz CT molecular complexity index is 1200. The van der Waals surface area contributed by atoms with Gasteiger partial charge in [0.15, 0.2) is 11.5 Å². The zero-order valence-corrected chi connectivity index (χ0v) is 17.6. The molecule has 0 radical (unpaired) electrons. The lowest BCUT2D eigenvalue weighted by molar-refractivity contribution is 0.354. The number of hydrogen-bond donors (Lipinski definition) is 1. The molecule has 0 aliphatic heterocycles. The average molecular weight is 416 g/mol. The molecule has 0 saturated carbocycles. The van der Waals surface area contributed by atoms with E-state index in [0.29, 0.717) is 0 Å². The predicted molar refractivity (Wildman–Crippen MR) is 119 cm³/mol. The van der Waals surface area contributed by atoms with E-state index in [2.05, 4.69) is 63.7 Å². The first-order valence-electron chi connectivity index (χ1n) is 9.69. The molecule has 2 heterocycles. The van der Waals surface area contributed by atoms with E-state index in [4.69, 9.17) is 9.47 Å². The van der Waals surface area contributed by atoms with E-state index in [1.165, 1.54) is 5.56 Å². The Hall–Kier alpha value is -3.38. The van der Waals surface area contributed by atoms with Crippen molar-refractivity contribution in [3.63, 3.8) is 0 Å². The summed E-state index contributed by atoms with van der Waals surface area (Å²) >= 11 is 1.60. The van der Waals surface area contributed by atoms with Crippen LogP contribution in [0.25, 0.3) is 16.8 Å². The number of fused-ring (bicyclic) bond motifs is 1. The Kier molecular flexibility index (Phi) is 4.64. The van der Waals surface area contributed by atoms with Gasteiger partial charge in [-0.05, 0) is 23.3 Å². The van der Waals surface area contributed by atoms with Crippen LogP contribution in [0.3, 0.4) is 0 Å². The van der Waals surface area contributed by atoms with Crippen molar-refractivity contribution in [3.05, 3.63) is 88.6 Å². The molecule has 1 unspecified atom stereocenters. The zero-order valence-electron chi connectivity index (χ0n) is 16.8. The Labute approximate surface area is 179 Å². The standard InChI is InChI=1S/C24H21N3O2S/c1-28-20-9-8-17(14-21(20)29-2)24(16-6-4-3-5-7-16)11-10-18-19(15-24)26-27-22(18)23-25-12-13-30-23/h3-14H,15H2,1-2H3,(H,26,27). The van der Waals surface area contributed by atoms with Gasteiger partial charge in [0.05, 0.1) is 14.2 Å². The first kappa shape index (κ1) is 18.6. The van der Waals surface area contributed by atoms with E-state index >= 15 is 0 Å². The monoisotopic (exact) mass is 415 g/mol. The lowest BCUT2D eigenvalue weighted by atomic mass is 9.68. The number of thiazole rings is 1. The van der Waals surface area contributed by atoms with Gasteiger partial charge in [-0.2, -0.15) is 5.10 Å². The van der Waals surface area contributed by atoms with E-state index in [9.17, 15) is 0 Å². The third-order valence-corrected chi connectivity index (χ3v) is 6.48. The fourth-order valence-corrected chi connectivity index (χ4v) is 4.82. The molecule has 0 spiro atoms. The summed E-state index contributed by atoms with van der Waals surface area (Å²) in [6.07, 6.45) is 7.02. The third-order valence-electron chi connectivity index (χ3n) is 5.70. The molecule has 1 aliphatic rings. The molecule has 1 atom stereocenters. The highest BCUT2D eigenvalue weighted by molar-refractivity contribution is 7.13. The highest BCUT2D eigenvalue weighted by atomic mass is 32.1. The molecule has 2 aromatic heterocycles. The number of H-pyrrole nitrogens is 1. The van der Waals surface area contributed by atoms with Gasteiger partial charge in [-0.25, -0.2) is 4.98 Å². The SMILES string of the molecule is COc1ccc(C2(c3ccccc3)C=Cc3c(-c4nccs4)n[nH]c3C2)cc1OC. The number of nitrogens with zero attached hydrogens (tertiary/aromatic N) is 2. The van der Waals surface area contributed by atoms with Crippen molar-refractivity contribution < 1.29 is 9.47 Å². The minimum absolute atomic E-state index is 0.347. The van der Waals surface area contributed by atoms with Gasteiger partial charge in [-0.3, -0.25) is 5.10 Å². The lowest BCUT2D eigenvalue weighted by Crippen LogP contribution is -2.30. The number of nitrogens with one attached hydrogen (secondary N) is 1. The Balaban J connectivity index is 1.67. The van der Waals surface area contributed by atoms with Gasteiger partial charge < -0.3 is 9.47 Å². The number of ether oxygens (including phenoxy) is 2. The quantitative estimate of drug-likeness (QED) is 0.492. The van der Waals surface area contributed by atoms with Crippen LogP contribution in [0.5, 0.6) is 11.5 Å². The van der Waals surface area contributed by atoms with Gasteiger partial charge in [0.25, 0.3) is 0 Å². The summed E-state index contributed by atoms with van der Waals surface area (Å²) < 4.78 is 11.0. The summed E-state index contributed by atoms with van der Waals surface area (Å²) in [6.45, 7) is 0. The number of methoxy groups -OCH3 is 2. The third kappa shape index (κ3) is 2.92. The molecule has 2 aromatic carbocycles. The van der Waals surface area contributed by atoms with Crippen molar-refractivity contribution in [1.29, 1.82) is 0 Å². The largest absolute Gasteiger partial charge is 0.493 e. The highest BCUT2D eigenvalue weighted by Gasteiger charge is 2.37. The zero-order chi connectivity index (χ0) is 20.6. The second-order valence-corrected chi connectivity index (χ2v) is 8.11. The van der Waals surface area contributed by atoms with Crippen molar-refractivity contribution in [2.24, 2.45) is 0 Å². The summed E-state index contributed by atoms with van der Waals surface area (Å²) in [5.74, 6) is 1.44. The second kappa shape index (κ2) is 7.46. The highest BCUT2D eigenvalue weighted by Crippen LogP contribution is 2.45. The smallest absolute Gasteiger partial charge is 0.161 e. The molecule has 0 amide bonds. The van der Waals surface area contributed by atoms with Crippen molar-refractivity contribution >= 4 is 17.4 Å². The maximum absolute atomic E-state index is 5.59. The molecule has 150 valence electrons. The van der Waals surface area contributed by atoms with Crippen LogP contribution >= 0.6 is 11.3 Å². The van der Waals surface area contributed by atoms with Crippen LogP contribution in [0, 0.1) is 0 Å².